The van der Waals surface area contributed by atoms with Gasteiger partial charge in [0.15, 0.2) is 0 Å². The molecule has 0 radical (unpaired) electrons. The molecule has 240 valence electrons. The van der Waals surface area contributed by atoms with Crippen LogP contribution in [-0.2, 0) is 4.79 Å². The standard InChI is InChI=1S/C36H52N4O4/c1-27-25-40(28(2)24-39(27)26-29-15-16-29)35(31-11-8-13-33(41)23-31)30-10-7-12-32(22-30)36(44)38-19-9-18-37(20-21-38)17-6-4-3-5-14-34(42)43/h7-8,10-13,22-23,27-29,35,41H,3-6,9,14-21,24-26H2,1-2H3,(H,42,43)/t27-,28+,35-/m1/s1. The van der Waals surface area contributed by atoms with Gasteiger partial charge in [-0.05, 0) is 100 Å². The molecule has 1 aliphatic carbocycles. The molecule has 2 aliphatic heterocycles. The third-order valence-electron chi connectivity index (χ3n) is 9.81. The van der Waals surface area contributed by atoms with Crippen LogP contribution in [0, 0.1) is 5.92 Å². The molecule has 0 spiro atoms. The zero-order chi connectivity index (χ0) is 31.1. The Labute approximate surface area is 263 Å². The summed E-state index contributed by atoms with van der Waals surface area (Å²) in [5, 5.41) is 19.3. The molecule has 3 atom stereocenters. The van der Waals surface area contributed by atoms with Crippen LogP contribution in [0.2, 0.25) is 0 Å². The molecular formula is C36H52N4O4. The van der Waals surface area contributed by atoms with Crippen LogP contribution in [0.3, 0.4) is 0 Å². The van der Waals surface area contributed by atoms with Crippen LogP contribution in [0.25, 0.3) is 0 Å². The fraction of sp³-hybridized carbons (Fsp3) is 0.611. The van der Waals surface area contributed by atoms with Gasteiger partial charge in [0.1, 0.15) is 5.75 Å². The maximum atomic E-state index is 13.9. The zero-order valence-electron chi connectivity index (χ0n) is 26.7. The van der Waals surface area contributed by atoms with Gasteiger partial charge in [-0.15, -0.1) is 0 Å². The summed E-state index contributed by atoms with van der Waals surface area (Å²) in [5.74, 6) is 0.506. The van der Waals surface area contributed by atoms with E-state index in [1.807, 2.05) is 29.2 Å². The van der Waals surface area contributed by atoms with Crippen LogP contribution < -0.4 is 0 Å². The van der Waals surface area contributed by atoms with Crippen molar-refractivity contribution in [2.45, 2.75) is 83.3 Å². The second-order valence-electron chi connectivity index (χ2n) is 13.5. The normalized spacial score (nSPS) is 22.9. The first-order valence-electron chi connectivity index (χ1n) is 16.9. The number of hydrogen-bond acceptors (Lipinski definition) is 6. The van der Waals surface area contributed by atoms with E-state index >= 15 is 0 Å². The van der Waals surface area contributed by atoms with Gasteiger partial charge in [0, 0.05) is 63.3 Å². The molecule has 44 heavy (non-hydrogen) atoms. The number of amides is 1. The van der Waals surface area contributed by atoms with Crippen molar-refractivity contribution in [3.63, 3.8) is 0 Å². The molecule has 0 aromatic heterocycles. The van der Waals surface area contributed by atoms with E-state index in [9.17, 15) is 14.7 Å². The maximum Gasteiger partial charge on any atom is 0.303 e. The Bertz CT molecular complexity index is 1250. The minimum Gasteiger partial charge on any atom is -0.508 e. The Morgan fingerprint density at radius 3 is 2.36 bits per heavy atom. The largest absolute Gasteiger partial charge is 0.508 e. The predicted octanol–water partition coefficient (Wildman–Crippen LogP) is 5.47. The van der Waals surface area contributed by atoms with E-state index in [0.717, 1.165) is 101 Å². The highest BCUT2D eigenvalue weighted by Gasteiger charge is 2.37. The number of carbonyl (C=O) groups is 2. The van der Waals surface area contributed by atoms with Crippen molar-refractivity contribution in [3.05, 3.63) is 65.2 Å². The number of carbonyl (C=O) groups excluding carboxylic acids is 1. The molecule has 8 heteroatoms. The second-order valence-corrected chi connectivity index (χ2v) is 13.5. The molecule has 3 aliphatic rings. The van der Waals surface area contributed by atoms with Crippen molar-refractivity contribution in [2.24, 2.45) is 5.92 Å². The number of hydrogen-bond donors (Lipinski definition) is 2. The minimum atomic E-state index is -0.714. The monoisotopic (exact) mass is 604 g/mol. The van der Waals surface area contributed by atoms with Crippen molar-refractivity contribution in [1.29, 1.82) is 0 Å². The van der Waals surface area contributed by atoms with Gasteiger partial charge >= 0.3 is 5.97 Å². The van der Waals surface area contributed by atoms with Crippen LogP contribution in [0.4, 0.5) is 0 Å². The first-order valence-corrected chi connectivity index (χ1v) is 16.9. The van der Waals surface area contributed by atoms with E-state index in [-0.39, 0.29) is 24.1 Å². The molecule has 2 N–H and O–H groups in total. The number of aliphatic carboxylic acids is 1. The first kappa shape index (κ1) is 32.5. The van der Waals surface area contributed by atoms with Gasteiger partial charge in [0.2, 0.25) is 0 Å². The van der Waals surface area contributed by atoms with E-state index in [1.54, 1.807) is 6.07 Å². The molecule has 5 rings (SSSR count). The van der Waals surface area contributed by atoms with Gasteiger partial charge in [-0.3, -0.25) is 19.4 Å². The van der Waals surface area contributed by atoms with Crippen molar-refractivity contribution in [3.8, 4) is 5.75 Å². The third kappa shape index (κ3) is 8.83. The summed E-state index contributed by atoms with van der Waals surface area (Å²) in [4.78, 5) is 34.3. The van der Waals surface area contributed by atoms with Crippen LogP contribution >= 0.6 is 0 Å². The molecule has 2 saturated heterocycles. The Morgan fingerprint density at radius 2 is 1.61 bits per heavy atom. The smallest absolute Gasteiger partial charge is 0.303 e. The zero-order valence-corrected chi connectivity index (χ0v) is 26.7. The van der Waals surface area contributed by atoms with E-state index in [0.29, 0.717) is 12.1 Å². The van der Waals surface area contributed by atoms with Gasteiger partial charge in [0.25, 0.3) is 5.91 Å². The number of carboxylic acids is 1. The van der Waals surface area contributed by atoms with Gasteiger partial charge in [-0.25, -0.2) is 0 Å². The predicted molar refractivity (Wildman–Crippen MR) is 174 cm³/mol. The van der Waals surface area contributed by atoms with Gasteiger partial charge < -0.3 is 20.0 Å². The SMILES string of the molecule is C[C@@H]1CN([C@@H](c2cccc(O)c2)c2cccc(C(=O)N3CCCN(CCCCCCC(=O)O)CC3)c2)[C@@H](C)CN1CC1CC1. The Morgan fingerprint density at radius 1 is 0.864 bits per heavy atom. The summed E-state index contributed by atoms with van der Waals surface area (Å²) in [7, 11) is 0. The minimum absolute atomic E-state index is 0.0505. The van der Waals surface area contributed by atoms with Gasteiger partial charge in [0.05, 0.1) is 6.04 Å². The van der Waals surface area contributed by atoms with Crippen LogP contribution in [0.15, 0.2) is 48.5 Å². The lowest BCUT2D eigenvalue weighted by Gasteiger charge is -2.48. The highest BCUT2D eigenvalue weighted by molar-refractivity contribution is 5.94. The average molecular weight is 605 g/mol. The number of aromatic hydroxyl groups is 1. The third-order valence-corrected chi connectivity index (χ3v) is 9.81. The summed E-state index contributed by atoms with van der Waals surface area (Å²) in [6.07, 6.45) is 7.75. The lowest BCUT2D eigenvalue weighted by atomic mass is 9.92. The lowest BCUT2D eigenvalue weighted by molar-refractivity contribution is -0.137. The average Bonchev–Trinajstić information content (AvgIpc) is 3.85. The van der Waals surface area contributed by atoms with Gasteiger partial charge in [-0.1, -0.05) is 37.1 Å². The number of benzene rings is 2. The highest BCUT2D eigenvalue weighted by Crippen LogP contribution is 2.37. The quantitative estimate of drug-likeness (QED) is 0.293. The molecule has 1 saturated carbocycles. The number of unbranched alkanes of at least 4 members (excludes halogenated alkanes) is 3. The number of nitrogens with zero attached hydrogens (tertiary/aromatic N) is 4. The van der Waals surface area contributed by atoms with Crippen molar-refractivity contribution >= 4 is 11.9 Å². The molecule has 2 aromatic carbocycles. The number of piperazine rings is 1. The fourth-order valence-electron chi connectivity index (χ4n) is 7.13. The van der Waals surface area contributed by atoms with Crippen LogP contribution in [-0.4, -0.2) is 106 Å². The fourth-order valence-corrected chi connectivity index (χ4v) is 7.13. The number of carboxylic acid groups (broad SMARTS) is 1. The molecule has 8 nitrogen and oxygen atoms in total. The van der Waals surface area contributed by atoms with Crippen molar-refractivity contribution in [1.82, 2.24) is 19.6 Å². The maximum absolute atomic E-state index is 13.9. The Kier molecular flexibility index (Phi) is 11.3. The number of rotatable bonds is 13. The van der Waals surface area contributed by atoms with Gasteiger partial charge in [-0.2, -0.15) is 0 Å². The topological polar surface area (TPSA) is 87.6 Å². The van der Waals surface area contributed by atoms with Crippen molar-refractivity contribution in [2.75, 3.05) is 52.4 Å². The molecular weight excluding hydrogens is 552 g/mol. The molecule has 2 heterocycles. The summed E-state index contributed by atoms with van der Waals surface area (Å²) < 4.78 is 0. The lowest BCUT2D eigenvalue weighted by Crippen LogP contribution is -2.57. The van der Waals surface area contributed by atoms with E-state index in [1.165, 1.54) is 19.4 Å². The molecule has 1 amide bonds. The summed E-state index contributed by atoms with van der Waals surface area (Å²) in [6.45, 7) is 12.1. The summed E-state index contributed by atoms with van der Waals surface area (Å²) >= 11 is 0. The second kappa shape index (κ2) is 15.4. The Hall–Kier alpha value is -2.94. The molecule has 0 bridgehead atoms. The first-order chi connectivity index (χ1) is 21.3. The van der Waals surface area contributed by atoms with Crippen molar-refractivity contribution < 1.29 is 19.8 Å². The molecule has 3 fully saturated rings. The molecule has 0 unspecified atom stereocenters. The van der Waals surface area contributed by atoms with Crippen LogP contribution in [0.5, 0.6) is 5.75 Å². The van der Waals surface area contributed by atoms with E-state index < -0.39 is 5.97 Å². The molecule has 2 aromatic rings. The number of phenols is 1. The summed E-state index contributed by atoms with van der Waals surface area (Å²) in [6, 6.07) is 16.5. The van der Waals surface area contributed by atoms with E-state index in [2.05, 4.69) is 46.7 Å². The summed E-state index contributed by atoms with van der Waals surface area (Å²) in [5.41, 5.74) is 2.88. The number of phenolic OH excluding ortho intramolecular Hbond substituents is 1. The van der Waals surface area contributed by atoms with Crippen LogP contribution in [0.1, 0.15) is 92.7 Å². The Balaban J connectivity index is 1.26. The highest BCUT2D eigenvalue weighted by atomic mass is 16.4. The van der Waals surface area contributed by atoms with E-state index in [4.69, 9.17) is 5.11 Å².